The normalized spacial score (nSPS) is 10.5. The van der Waals surface area contributed by atoms with E-state index in [0.717, 1.165) is 29.4 Å². The molecule has 0 radical (unpaired) electrons. The molecule has 2 rings (SSSR count). The number of nitrogens with zero attached hydrogens (tertiary/aromatic N) is 2. The zero-order valence-electron chi connectivity index (χ0n) is 10.2. The van der Waals surface area contributed by atoms with E-state index in [1.807, 2.05) is 42.0 Å². The molecule has 0 aliphatic heterocycles. The summed E-state index contributed by atoms with van der Waals surface area (Å²) in [5, 5.41) is 0. The second-order valence-electron chi connectivity index (χ2n) is 3.86. The Morgan fingerprint density at radius 1 is 1.35 bits per heavy atom. The lowest BCUT2D eigenvalue weighted by Gasteiger charge is -2.09. The van der Waals surface area contributed by atoms with Crippen LogP contribution in [0.25, 0.3) is 5.69 Å². The maximum absolute atomic E-state index is 5.54. The summed E-state index contributed by atoms with van der Waals surface area (Å²) in [6.45, 7) is 2.59. The lowest BCUT2D eigenvalue weighted by atomic mass is 10.3. The molecule has 0 bridgehead atoms. The van der Waals surface area contributed by atoms with E-state index in [1.165, 1.54) is 0 Å². The van der Waals surface area contributed by atoms with Crippen LogP contribution in [-0.2, 0) is 6.42 Å². The quantitative estimate of drug-likeness (QED) is 0.871. The van der Waals surface area contributed by atoms with Crippen LogP contribution in [0.5, 0.6) is 5.75 Å². The molecule has 0 aliphatic carbocycles. The van der Waals surface area contributed by atoms with E-state index in [0.29, 0.717) is 6.54 Å². The van der Waals surface area contributed by atoms with Gasteiger partial charge in [-0.05, 0) is 25.6 Å². The van der Waals surface area contributed by atoms with Gasteiger partial charge in [-0.3, -0.25) is 0 Å². The standard InChI is InChI=1S/C13H17N3O/c1-10-15-11(7-8-14)9-16(10)12-5-3-4-6-13(12)17-2/h3-6,9H,7-8,14H2,1-2H3. The summed E-state index contributed by atoms with van der Waals surface area (Å²) in [5.74, 6) is 1.78. The largest absolute Gasteiger partial charge is 0.495 e. The fourth-order valence-corrected chi connectivity index (χ4v) is 1.87. The Morgan fingerprint density at radius 3 is 2.82 bits per heavy atom. The molecule has 4 nitrogen and oxygen atoms in total. The molecule has 0 aliphatic rings. The molecular weight excluding hydrogens is 214 g/mol. The van der Waals surface area contributed by atoms with Crippen LogP contribution >= 0.6 is 0 Å². The van der Waals surface area contributed by atoms with Crippen LogP contribution in [0.4, 0.5) is 0 Å². The van der Waals surface area contributed by atoms with E-state index >= 15 is 0 Å². The van der Waals surface area contributed by atoms with Crippen molar-refractivity contribution in [2.24, 2.45) is 5.73 Å². The first-order valence-corrected chi connectivity index (χ1v) is 5.64. The van der Waals surface area contributed by atoms with Crippen LogP contribution in [0.1, 0.15) is 11.5 Å². The van der Waals surface area contributed by atoms with Gasteiger partial charge in [-0.1, -0.05) is 12.1 Å². The number of methoxy groups -OCH3 is 1. The highest BCUT2D eigenvalue weighted by Crippen LogP contribution is 2.23. The highest BCUT2D eigenvalue weighted by Gasteiger charge is 2.09. The molecule has 0 saturated heterocycles. The lowest BCUT2D eigenvalue weighted by Crippen LogP contribution is -2.02. The third-order valence-corrected chi connectivity index (χ3v) is 2.68. The number of rotatable bonds is 4. The van der Waals surface area contributed by atoms with Gasteiger partial charge in [-0.25, -0.2) is 4.98 Å². The Bertz CT molecular complexity index is 505. The number of nitrogens with two attached hydrogens (primary N) is 1. The van der Waals surface area contributed by atoms with Crippen LogP contribution in [0, 0.1) is 6.92 Å². The van der Waals surface area contributed by atoms with E-state index in [4.69, 9.17) is 10.5 Å². The Hall–Kier alpha value is -1.81. The molecule has 0 atom stereocenters. The molecular formula is C13H17N3O. The molecule has 1 aromatic carbocycles. The predicted octanol–water partition coefficient (Wildman–Crippen LogP) is 1.69. The predicted molar refractivity (Wildman–Crippen MR) is 67.6 cm³/mol. The van der Waals surface area contributed by atoms with Gasteiger partial charge in [0.2, 0.25) is 0 Å². The smallest absolute Gasteiger partial charge is 0.142 e. The Morgan fingerprint density at radius 2 is 2.12 bits per heavy atom. The first-order valence-electron chi connectivity index (χ1n) is 5.64. The highest BCUT2D eigenvalue weighted by atomic mass is 16.5. The average Bonchev–Trinajstić information content (AvgIpc) is 2.70. The number of para-hydroxylation sites is 2. The van der Waals surface area contributed by atoms with Gasteiger partial charge in [0.15, 0.2) is 0 Å². The van der Waals surface area contributed by atoms with Crippen LogP contribution in [0.2, 0.25) is 0 Å². The van der Waals surface area contributed by atoms with Crippen molar-refractivity contribution >= 4 is 0 Å². The van der Waals surface area contributed by atoms with Crippen molar-refractivity contribution in [1.29, 1.82) is 0 Å². The second kappa shape index (κ2) is 5.01. The third kappa shape index (κ3) is 2.31. The molecule has 0 saturated carbocycles. The fourth-order valence-electron chi connectivity index (χ4n) is 1.87. The number of ether oxygens (including phenoxy) is 1. The Labute approximate surface area is 101 Å². The molecule has 0 fully saturated rings. The van der Waals surface area contributed by atoms with Crippen molar-refractivity contribution in [2.45, 2.75) is 13.3 Å². The first kappa shape index (κ1) is 11.7. The summed E-state index contributed by atoms with van der Waals surface area (Å²) < 4.78 is 7.38. The van der Waals surface area contributed by atoms with Crippen molar-refractivity contribution in [3.05, 3.63) is 42.0 Å². The van der Waals surface area contributed by atoms with Crippen molar-refractivity contribution in [2.75, 3.05) is 13.7 Å². The van der Waals surface area contributed by atoms with Gasteiger partial charge in [0.25, 0.3) is 0 Å². The fraction of sp³-hybridized carbons (Fsp3) is 0.308. The Kier molecular flexibility index (Phi) is 3.44. The zero-order valence-corrected chi connectivity index (χ0v) is 10.2. The van der Waals surface area contributed by atoms with Crippen LogP contribution in [-0.4, -0.2) is 23.2 Å². The van der Waals surface area contributed by atoms with Crippen molar-refractivity contribution in [3.8, 4) is 11.4 Å². The van der Waals surface area contributed by atoms with Gasteiger partial charge in [-0.15, -0.1) is 0 Å². The van der Waals surface area contributed by atoms with E-state index in [9.17, 15) is 0 Å². The summed E-state index contributed by atoms with van der Waals surface area (Å²) in [5.41, 5.74) is 7.55. The molecule has 90 valence electrons. The number of aromatic nitrogens is 2. The van der Waals surface area contributed by atoms with Gasteiger partial charge < -0.3 is 15.0 Å². The van der Waals surface area contributed by atoms with E-state index < -0.39 is 0 Å². The molecule has 0 amide bonds. The summed E-state index contributed by atoms with van der Waals surface area (Å²) in [6, 6.07) is 7.90. The molecule has 4 heteroatoms. The summed E-state index contributed by atoms with van der Waals surface area (Å²) in [4.78, 5) is 4.48. The van der Waals surface area contributed by atoms with Gasteiger partial charge in [0, 0.05) is 12.6 Å². The number of aryl methyl sites for hydroxylation is 1. The minimum absolute atomic E-state index is 0.613. The summed E-state index contributed by atoms with van der Waals surface area (Å²) >= 11 is 0. The lowest BCUT2D eigenvalue weighted by molar-refractivity contribution is 0.412. The minimum Gasteiger partial charge on any atom is -0.495 e. The maximum atomic E-state index is 5.54. The maximum Gasteiger partial charge on any atom is 0.142 e. The molecule has 1 aromatic heterocycles. The molecule has 1 heterocycles. The van der Waals surface area contributed by atoms with Gasteiger partial charge in [0.1, 0.15) is 11.6 Å². The molecule has 2 N–H and O–H groups in total. The molecule has 0 unspecified atom stereocenters. The topological polar surface area (TPSA) is 53.1 Å². The van der Waals surface area contributed by atoms with Gasteiger partial charge >= 0.3 is 0 Å². The minimum atomic E-state index is 0.613. The SMILES string of the molecule is COc1ccccc1-n1cc(CCN)nc1C. The molecule has 17 heavy (non-hydrogen) atoms. The van der Waals surface area contributed by atoms with Gasteiger partial charge in [0.05, 0.1) is 18.5 Å². The second-order valence-corrected chi connectivity index (χ2v) is 3.86. The zero-order chi connectivity index (χ0) is 12.3. The van der Waals surface area contributed by atoms with Crippen molar-refractivity contribution in [3.63, 3.8) is 0 Å². The number of imidazole rings is 1. The third-order valence-electron chi connectivity index (χ3n) is 2.68. The summed E-state index contributed by atoms with van der Waals surface area (Å²) in [7, 11) is 1.67. The highest BCUT2D eigenvalue weighted by molar-refractivity contribution is 5.47. The number of hydrogen-bond donors (Lipinski definition) is 1. The van der Waals surface area contributed by atoms with Crippen LogP contribution in [0.15, 0.2) is 30.5 Å². The van der Waals surface area contributed by atoms with Crippen LogP contribution in [0.3, 0.4) is 0 Å². The number of benzene rings is 1. The average molecular weight is 231 g/mol. The van der Waals surface area contributed by atoms with E-state index in [-0.39, 0.29) is 0 Å². The van der Waals surface area contributed by atoms with Crippen molar-refractivity contribution < 1.29 is 4.74 Å². The first-order chi connectivity index (χ1) is 8.26. The summed E-state index contributed by atoms with van der Waals surface area (Å²) in [6.07, 6.45) is 2.81. The monoisotopic (exact) mass is 231 g/mol. The van der Waals surface area contributed by atoms with Crippen LogP contribution < -0.4 is 10.5 Å². The van der Waals surface area contributed by atoms with E-state index in [2.05, 4.69) is 4.98 Å². The number of hydrogen-bond acceptors (Lipinski definition) is 3. The van der Waals surface area contributed by atoms with E-state index in [1.54, 1.807) is 7.11 Å². The Balaban J connectivity index is 2.45. The van der Waals surface area contributed by atoms with Gasteiger partial charge in [-0.2, -0.15) is 0 Å². The molecule has 2 aromatic rings. The van der Waals surface area contributed by atoms with Crippen molar-refractivity contribution in [1.82, 2.24) is 9.55 Å². The molecule has 0 spiro atoms.